The minimum Gasteiger partial charge on any atom is -0.325 e. The average molecular weight is 313 g/mol. The van der Waals surface area contributed by atoms with Gasteiger partial charge in [-0.25, -0.2) is 4.68 Å². The molecule has 3 aromatic rings. The summed E-state index contributed by atoms with van der Waals surface area (Å²) in [4.78, 5) is 12.3. The molecule has 0 bridgehead atoms. The Balaban J connectivity index is 1.70. The number of tetrazole rings is 1. The third-order valence-corrected chi connectivity index (χ3v) is 4.37. The number of benzene rings is 2. The Hall–Kier alpha value is -2.41. The van der Waals surface area contributed by atoms with Crippen LogP contribution in [0.15, 0.2) is 47.6 Å². The van der Waals surface area contributed by atoms with Gasteiger partial charge >= 0.3 is 0 Å². The van der Waals surface area contributed by atoms with Crippen LogP contribution in [0.25, 0.3) is 10.8 Å². The van der Waals surface area contributed by atoms with Crippen LogP contribution in [0.3, 0.4) is 0 Å². The van der Waals surface area contributed by atoms with Gasteiger partial charge in [-0.2, -0.15) is 0 Å². The van der Waals surface area contributed by atoms with Crippen LogP contribution in [0.4, 0.5) is 5.69 Å². The molecule has 0 fully saturated rings. The zero-order valence-corrected chi connectivity index (χ0v) is 13.0. The molecule has 22 heavy (non-hydrogen) atoms. The van der Waals surface area contributed by atoms with E-state index in [1.54, 1.807) is 11.7 Å². The fourth-order valence-electron chi connectivity index (χ4n) is 2.04. The highest BCUT2D eigenvalue weighted by Crippen LogP contribution is 2.22. The number of rotatable bonds is 4. The predicted molar refractivity (Wildman–Crippen MR) is 86.7 cm³/mol. The van der Waals surface area contributed by atoms with Crippen LogP contribution >= 0.6 is 11.8 Å². The Labute approximate surface area is 131 Å². The zero-order chi connectivity index (χ0) is 15.5. The number of nitrogens with zero attached hydrogens (tertiary/aromatic N) is 4. The van der Waals surface area contributed by atoms with E-state index in [4.69, 9.17) is 0 Å². The number of aryl methyl sites for hydroxylation is 1. The standard InChI is InChI=1S/C15H15N5OS/c1-10(22-15-17-18-19-20(15)2)14(21)16-13-8-7-11-5-3-4-6-12(11)9-13/h3-10H,1-2H3,(H,16,21)/t10-/m1/s1. The second-order valence-corrected chi connectivity index (χ2v) is 6.20. The van der Waals surface area contributed by atoms with E-state index in [0.717, 1.165) is 16.5 Å². The van der Waals surface area contributed by atoms with Gasteiger partial charge in [0.05, 0.1) is 5.25 Å². The number of aromatic nitrogens is 4. The summed E-state index contributed by atoms with van der Waals surface area (Å²) in [7, 11) is 1.75. The molecule has 0 saturated heterocycles. The number of thioether (sulfide) groups is 1. The van der Waals surface area contributed by atoms with E-state index in [0.29, 0.717) is 5.16 Å². The molecule has 1 atom stereocenters. The first-order chi connectivity index (χ1) is 10.6. The first-order valence-electron chi connectivity index (χ1n) is 6.82. The molecule has 0 aliphatic heterocycles. The second-order valence-electron chi connectivity index (χ2n) is 4.90. The van der Waals surface area contributed by atoms with E-state index in [-0.39, 0.29) is 11.2 Å². The molecule has 0 spiro atoms. The summed E-state index contributed by atoms with van der Waals surface area (Å²) in [5, 5.41) is 16.7. The molecule has 1 aromatic heterocycles. The van der Waals surface area contributed by atoms with Crippen molar-refractivity contribution in [2.24, 2.45) is 7.05 Å². The Bertz CT molecular complexity index is 816. The van der Waals surface area contributed by atoms with Crippen LogP contribution in [0.1, 0.15) is 6.92 Å². The van der Waals surface area contributed by atoms with Gasteiger partial charge in [0.15, 0.2) is 0 Å². The fourth-order valence-corrected chi connectivity index (χ4v) is 2.80. The van der Waals surface area contributed by atoms with E-state index in [1.807, 2.05) is 49.4 Å². The van der Waals surface area contributed by atoms with E-state index in [1.165, 1.54) is 11.8 Å². The fraction of sp³-hybridized carbons (Fsp3) is 0.200. The molecule has 0 radical (unpaired) electrons. The molecule has 0 aliphatic carbocycles. The normalized spacial score (nSPS) is 12.3. The summed E-state index contributed by atoms with van der Waals surface area (Å²) in [5.41, 5.74) is 0.784. The summed E-state index contributed by atoms with van der Waals surface area (Å²) < 4.78 is 1.55. The van der Waals surface area contributed by atoms with Gasteiger partial charge < -0.3 is 5.32 Å². The topological polar surface area (TPSA) is 72.7 Å². The lowest BCUT2D eigenvalue weighted by Gasteiger charge is -2.11. The molecule has 112 valence electrons. The minimum absolute atomic E-state index is 0.0803. The monoisotopic (exact) mass is 313 g/mol. The van der Waals surface area contributed by atoms with Gasteiger partial charge in [-0.15, -0.1) is 5.10 Å². The molecule has 7 heteroatoms. The Morgan fingerprint density at radius 1 is 1.23 bits per heavy atom. The molecule has 6 nitrogen and oxygen atoms in total. The molecule has 1 N–H and O–H groups in total. The number of amides is 1. The maximum Gasteiger partial charge on any atom is 0.237 e. The van der Waals surface area contributed by atoms with E-state index >= 15 is 0 Å². The van der Waals surface area contributed by atoms with Gasteiger partial charge in [-0.1, -0.05) is 42.1 Å². The van der Waals surface area contributed by atoms with Crippen LogP contribution in [0.2, 0.25) is 0 Å². The van der Waals surface area contributed by atoms with Crippen LogP contribution in [-0.2, 0) is 11.8 Å². The van der Waals surface area contributed by atoms with Crippen molar-refractivity contribution >= 4 is 34.1 Å². The first kappa shape index (κ1) is 14.5. The van der Waals surface area contributed by atoms with Crippen molar-refractivity contribution < 1.29 is 4.79 Å². The predicted octanol–water partition coefficient (Wildman–Crippen LogP) is 2.48. The van der Waals surface area contributed by atoms with Gasteiger partial charge in [0.1, 0.15) is 0 Å². The van der Waals surface area contributed by atoms with Crippen LogP contribution in [-0.4, -0.2) is 31.4 Å². The summed E-state index contributed by atoms with van der Waals surface area (Å²) in [5.74, 6) is -0.0803. The highest BCUT2D eigenvalue weighted by atomic mass is 32.2. The third kappa shape index (κ3) is 3.09. The largest absolute Gasteiger partial charge is 0.325 e. The number of fused-ring (bicyclic) bond motifs is 1. The number of hydrogen-bond acceptors (Lipinski definition) is 5. The first-order valence-corrected chi connectivity index (χ1v) is 7.70. The number of carbonyl (C=O) groups excluding carboxylic acids is 1. The highest BCUT2D eigenvalue weighted by molar-refractivity contribution is 8.00. The number of nitrogens with one attached hydrogen (secondary N) is 1. The molecular weight excluding hydrogens is 298 g/mol. The van der Waals surface area contributed by atoms with E-state index < -0.39 is 0 Å². The van der Waals surface area contributed by atoms with Gasteiger partial charge in [-0.05, 0) is 40.3 Å². The van der Waals surface area contributed by atoms with Crippen molar-refractivity contribution in [1.29, 1.82) is 0 Å². The molecule has 0 aliphatic rings. The van der Waals surface area contributed by atoms with Crippen LogP contribution < -0.4 is 5.32 Å². The van der Waals surface area contributed by atoms with Crippen molar-refractivity contribution in [1.82, 2.24) is 20.2 Å². The summed E-state index contributed by atoms with van der Waals surface area (Å²) in [6, 6.07) is 13.9. The van der Waals surface area contributed by atoms with Gasteiger partial charge in [-0.3, -0.25) is 4.79 Å². The zero-order valence-electron chi connectivity index (χ0n) is 12.2. The SMILES string of the molecule is C[C@@H](Sc1nnnn1C)C(=O)Nc1ccc2ccccc2c1. The lowest BCUT2D eigenvalue weighted by Crippen LogP contribution is -2.22. The number of carbonyl (C=O) groups is 1. The van der Waals surface area contributed by atoms with Crippen molar-refractivity contribution in [3.8, 4) is 0 Å². The second kappa shape index (κ2) is 6.15. The summed E-state index contributed by atoms with van der Waals surface area (Å²) in [6.07, 6.45) is 0. The maximum atomic E-state index is 12.3. The highest BCUT2D eigenvalue weighted by Gasteiger charge is 2.17. The molecular formula is C15H15N5OS. The van der Waals surface area contributed by atoms with E-state index in [9.17, 15) is 4.79 Å². The Morgan fingerprint density at radius 2 is 2.00 bits per heavy atom. The molecule has 3 rings (SSSR count). The number of anilines is 1. The summed E-state index contributed by atoms with van der Waals surface area (Å²) in [6.45, 7) is 1.83. The molecule has 2 aromatic carbocycles. The van der Waals surface area contributed by atoms with Crippen molar-refractivity contribution in [3.05, 3.63) is 42.5 Å². The van der Waals surface area contributed by atoms with Crippen LogP contribution in [0, 0.1) is 0 Å². The van der Waals surface area contributed by atoms with Crippen molar-refractivity contribution in [2.45, 2.75) is 17.3 Å². The van der Waals surface area contributed by atoms with Crippen LogP contribution in [0.5, 0.6) is 0 Å². The molecule has 1 heterocycles. The van der Waals surface area contributed by atoms with E-state index in [2.05, 4.69) is 20.8 Å². The molecule has 1 amide bonds. The Kier molecular flexibility index (Phi) is 4.06. The van der Waals surface area contributed by atoms with Crippen molar-refractivity contribution in [3.63, 3.8) is 0 Å². The third-order valence-electron chi connectivity index (χ3n) is 3.25. The van der Waals surface area contributed by atoms with Crippen molar-refractivity contribution in [2.75, 3.05) is 5.32 Å². The number of hydrogen-bond donors (Lipinski definition) is 1. The smallest absolute Gasteiger partial charge is 0.237 e. The van der Waals surface area contributed by atoms with Gasteiger partial charge in [0.2, 0.25) is 11.1 Å². The minimum atomic E-state index is -0.295. The Morgan fingerprint density at radius 3 is 2.73 bits per heavy atom. The quantitative estimate of drug-likeness (QED) is 0.749. The summed E-state index contributed by atoms with van der Waals surface area (Å²) >= 11 is 1.32. The molecule has 0 unspecified atom stereocenters. The lowest BCUT2D eigenvalue weighted by atomic mass is 10.1. The van der Waals surface area contributed by atoms with Gasteiger partial charge in [0, 0.05) is 12.7 Å². The average Bonchev–Trinajstić information content (AvgIpc) is 2.92. The lowest BCUT2D eigenvalue weighted by molar-refractivity contribution is -0.115. The maximum absolute atomic E-state index is 12.3. The molecule has 0 saturated carbocycles. The van der Waals surface area contributed by atoms with Gasteiger partial charge in [0.25, 0.3) is 0 Å².